The summed E-state index contributed by atoms with van der Waals surface area (Å²) >= 11 is 3.52. The van der Waals surface area contributed by atoms with Crippen LogP contribution in [0.2, 0.25) is 0 Å². The third-order valence-corrected chi connectivity index (χ3v) is 3.50. The normalized spacial score (nSPS) is 10.7. The van der Waals surface area contributed by atoms with Crippen molar-refractivity contribution in [1.29, 1.82) is 0 Å². The summed E-state index contributed by atoms with van der Waals surface area (Å²) in [6, 6.07) is 3.85. The van der Waals surface area contributed by atoms with Crippen molar-refractivity contribution in [3.63, 3.8) is 0 Å². The number of carbonyl (C=O) groups is 1. The molecule has 0 aliphatic heterocycles. The molecule has 0 atom stereocenters. The van der Waals surface area contributed by atoms with Crippen molar-refractivity contribution in [3.05, 3.63) is 27.9 Å². The molecule has 0 spiro atoms. The van der Waals surface area contributed by atoms with E-state index in [0.717, 1.165) is 21.1 Å². The molecule has 1 amide bonds. The number of anilines is 1. The SMILES string of the molecule is CNC(=O)c1c(C)oc2cc(N(C)C)c(Br)cc12. The molecule has 0 radical (unpaired) electrons. The molecule has 1 heterocycles. The Morgan fingerprint density at radius 1 is 1.39 bits per heavy atom. The van der Waals surface area contributed by atoms with Gasteiger partial charge in [0, 0.05) is 37.1 Å². The highest BCUT2D eigenvalue weighted by Crippen LogP contribution is 2.34. The van der Waals surface area contributed by atoms with E-state index in [9.17, 15) is 4.79 Å². The van der Waals surface area contributed by atoms with Crippen LogP contribution in [0.1, 0.15) is 16.1 Å². The Hall–Kier alpha value is -1.49. The second-order valence-corrected chi connectivity index (χ2v) is 5.16. The number of amides is 1. The highest BCUT2D eigenvalue weighted by molar-refractivity contribution is 9.10. The van der Waals surface area contributed by atoms with Gasteiger partial charge in [-0.25, -0.2) is 0 Å². The molecular weight excluding hydrogens is 296 g/mol. The predicted molar refractivity (Wildman–Crippen MR) is 76.4 cm³/mol. The predicted octanol–water partition coefficient (Wildman–Crippen LogP) is 2.93. The Kier molecular flexibility index (Phi) is 3.34. The fourth-order valence-electron chi connectivity index (χ4n) is 1.98. The molecule has 18 heavy (non-hydrogen) atoms. The molecule has 5 heteroatoms. The van der Waals surface area contributed by atoms with Gasteiger partial charge < -0.3 is 14.6 Å². The molecule has 0 unspecified atom stereocenters. The first kappa shape index (κ1) is 13.0. The summed E-state index contributed by atoms with van der Waals surface area (Å²) in [7, 11) is 5.53. The third-order valence-electron chi connectivity index (χ3n) is 2.87. The van der Waals surface area contributed by atoms with Crippen LogP contribution in [0.5, 0.6) is 0 Å². The fraction of sp³-hybridized carbons (Fsp3) is 0.308. The summed E-state index contributed by atoms with van der Waals surface area (Å²) in [6.07, 6.45) is 0. The Morgan fingerprint density at radius 3 is 2.61 bits per heavy atom. The van der Waals surface area contributed by atoms with E-state index in [1.165, 1.54) is 0 Å². The summed E-state index contributed by atoms with van der Waals surface area (Å²) in [6.45, 7) is 1.80. The number of nitrogens with one attached hydrogen (secondary N) is 1. The lowest BCUT2D eigenvalue weighted by Gasteiger charge is -2.14. The van der Waals surface area contributed by atoms with Crippen LogP contribution in [0, 0.1) is 6.92 Å². The summed E-state index contributed by atoms with van der Waals surface area (Å²) in [5, 5.41) is 3.46. The van der Waals surface area contributed by atoms with Crippen molar-refractivity contribution in [1.82, 2.24) is 5.32 Å². The van der Waals surface area contributed by atoms with E-state index in [0.29, 0.717) is 11.3 Å². The molecule has 0 saturated carbocycles. The fourth-order valence-corrected chi connectivity index (χ4v) is 2.68. The van der Waals surface area contributed by atoms with Crippen LogP contribution < -0.4 is 10.2 Å². The number of aryl methyl sites for hydroxylation is 1. The van der Waals surface area contributed by atoms with E-state index in [-0.39, 0.29) is 5.91 Å². The number of hydrogen-bond acceptors (Lipinski definition) is 3. The number of halogens is 1. The van der Waals surface area contributed by atoms with Gasteiger partial charge in [-0.1, -0.05) is 0 Å². The molecule has 0 aliphatic rings. The van der Waals surface area contributed by atoms with Crippen LogP contribution in [-0.2, 0) is 0 Å². The second kappa shape index (κ2) is 4.65. The molecular formula is C13H15BrN2O2. The first-order chi connectivity index (χ1) is 8.45. The van der Waals surface area contributed by atoms with E-state index < -0.39 is 0 Å². The lowest BCUT2D eigenvalue weighted by molar-refractivity contribution is 0.0963. The third kappa shape index (κ3) is 1.99. The number of rotatable bonds is 2. The smallest absolute Gasteiger partial charge is 0.255 e. The molecule has 0 bridgehead atoms. The van der Waals surface area contributed by atoms with E-state index in [4.69, 9.17) is 4.42 Å². The first-order valence-corrected chi connectivity index (χ1v) is 6.37. The minimum Gasteiger partial charge on any atom is -0.460 e. The van der Waals surface area contributed by atoms with Crippen LogP contribution in [0.25, 0.3) is 11.0 Å². The maximum atomic E-state index is 11.8. The lowest BCUT2D eigenvalue weighted by atomic mass is 10.1. The largest absolute Gasteiger partial charge is 0.460 e. The summed E-state index contributed by atoms with van der Waals surface area (Å²) in [4.78, 5) is 13.8. The van der Waals surface area contributed by atoms with E-state index in [1.807, 2.05) is 31.1 Å². The molecule has 0 saturated heterocycles. The van der Waals surface area contributed by atoms with Gasteiger partial charge in [0.2, 0.25) is 0 Å². The molecule has 1 aromatic heterocycles. The van der Waals surface area contributed by atoms with Crippen LogP contribution in [-0.4, -0.2) is 27.1 Å². The van der Waals surface area contributed by atoms with Crippen molar-refractivity contribution < 1.29 is 9.21 Å². The zero-order chi connectivity index (χ0) is 13.4. The van der Waals surface area contributed by atoms with Gasteiger partial charge in [0.05, 0.1) is 11.3 Å². The molecule has 1 aromatic carbocycles. The minimum absolute atomic E-state index is 0.129. The maximum Gasteiger partial charge on any atom is 0.255 e. The molecule has 4 nitrogen and oxygen atoms in total. The average Bonchev–Trinajstić information content (AvgIpc) is 2.62. The minimum atomic E-state index is -0.129. The number of carbonyl (C=O) groups excluding carboxylic acids is 1. The lowest BCUT2D eigenvalue weighted by Crippen LogP contribution is -2.18. The van der Waals surface area contributed by atoms with E-state index >= 15 is 0 Å². The Bertz CT molecular complexity index is 617. The van der Waals surface area contributed by atoms with Gasteiger partial charge in [-0.3, -0.25) is 4.79 Å². The molecule has 2 aromatic rings. The Morgan fingerprint density at radius 2 is 2.06 bits per heavy atom. The van der Waals surface area contributed by atoms with Crippen molar-refractivity contribution in [2.75, 3.05) is 26.0 Å². The first-order valence-electron chi connectivity index (χ1n) is 5.57. The van der Waals surface area contributed by atoms with Gasteiger partial charge in [0.25, 0.3) is 5.91 Å². The van der Waals surface area contributed by atoms with Crippen LogP contribution >= 0.6 is 15.9 Å². The molecule has 0 aliphatic carbocycles. The molecule has 0 fully saturated rings. The molecule has 96 valence electrons. The highest BCUT2D eigenvalue weighted by atomic mass is 79.9. The summed E-state index contributed by atoms with van der Waals surface area (Å²) < 4.78 is 6.60. The second-order valence-electron chi connectivity index (χ2n) is 4.31. The van der Waals surface area contributed by atoms with Gasteiger partial charge in [-0.05, 0) is 28.9 Å². The maximum absolute atomic E-state index is 11.8. The van der Waals surface area contributed by atoms with E-state index in [1.54, 1.807) is 14.0 Å². The van der Waals surface area contributed by atoms with Gasteiger partial charge >= 0.3 is 0 Å². The van der Waals surface area contributed by atoms with Gasteiger partial charge in [0.15, 0.2) is 0 Å². The number of nitrogens with zero attached hydrogens (tertiary/aromatic N) is 1. The van der Waals surface area contributed by atoms with Crippen molar-refractivity contribution in [2.45, 2.75) is 6.92 Å². The molecule has 2 rings (SSSR count). The van der Waals surface area contributed by atoms with Crippen molar-refractivity contribution in [2.24, 2.45) is 0 Å². The number of hydrogen-bond donors (Lipinski definition) is 1. The van der Waals surface area contributed by atoms with Crippen LogP contribution in [0.3, 0.4) is 0 Å². The highest BCUT2D eigenvalue weighted by Gasteiger charge is 2.19. The summed E-state index contributed by atoms with van der Waals surface area (Å²) in [5.74, 6) is 0.503. The number of furan rings is 1. The van der Waals surface area contributed by atoms with Crippen LogP contribution in [0.15, 0.2) is 21.0 Å². The monoisotopic (exact) mass is 310 g/mol. The topological polar surface area (TPSA) is 45.5 Å². The van der Waals surface area contributed by atoms with E-state index in [2.05, 4.69) is 21.2 Å². The average molecular weight is 311 g/mol. The van der Waals surface area contributed by atoms with Crippen molar-refractivity contribution >= 4 is 38.5 Å². The van der Waals surface area contributed by atoms with Crippen LogP contribution in [0.4, 0.5) is 5.69 Å². The number of benzene rings is 1. The molecule has 1 N–H and O–H groups in total. The van der Waals surface area contributed by atoms with Gasteiger partial charge in [-0.15, -0.1) is 0 Å². The van der Waals surface area contributed by atoms with Gasteiger partial charge in [0.1, 0.15) is 11.3 Å². The van der Waals surface area contributed by atoms with Gasteiger partial charge in [-0.2, -0.15) is 0 Å². The van der Waals surface area contributed by atoms with Crippen molar-refractivity contribution in [3.8, 4) is 0 Å². The number of fused-ring (bicyclic) bond motifs is 1. The zero-order valence-electron chi connectivity index (χ0n) is 10.8. The quantitative estimate of drug-likeness (QED) is 0.927. The summed E-state index contributed by atoms with van der Waals surface area (Å²) in [5.41, 5.74) is 2.33. The Labute approximate surface area is 114 Å². The Balaban J connectivity index is 2.73. The standard InChI is InChI=1S/C13H15BrN2O2/c1-7-12(13(17)15-2)8-5-9(14)10(16(3)4)6-11(8)18-7/h5-6H,1-4H3,(H,15,17). The zero-order valence-corrected chi connectivity index (χ0v) is 12.4.